The Bertz CT molecular complexity index is 479. The lowest BCUT2D eigenvalue weighted by Crippen LogP contribution is -3.19. The van der Waals surface area contributed by atoms with Gasteiger partial charge < -0.3 is 19.7 Å². The number of morpholine rings is 1. The first-order chi connectivity index (χ1) is 10.5. The highest BCUT2D eigenvalue weighted by Crippen LogP contribution is 2.10. The Hall–Kier alpha value is -1.59. The van der Waals surface area contributed by atoms with Crippen LogP contribution in [0.1, 0.15) is 26.3 Å². The van der Waals surface area contributed by atoms with Crippen molar-refractivity contribution >= 4 is 5.91 Å². The first-order valence-electron chi connectivity index (χ1n) is 7.90. The van der Waals surface area contributed by atoms with Crippen LogP contribution in [0.15, 0.2) is 24.3 Å². The van der Waals surface area contributed by atoms with Gasteiger partial charge >= 0.3 is 0 Å². The maximum atomic E-state index is 12.4. The molecular weight excluding hydrogens is 280 g/mol. The Morgan fingerprint density at radius 2 is 1.91 bits per heavy atom. The molecule has 0 aliphatic carbocycles. The van der Waals surface area contributed by atoms with Gasteiger partial charge in [-0.15, -0.1) is 0 Å². The molecular formula is C17H27N2O3+. The van der Waals surface area contributed by atoms with Crippen LogP contribution < -0.4 is 15.0 Å². The Kier molecular flexibility index (Phi) is 5.80. The smallest absolute Gasteiger partial charge is 0.278 e. The Morgan fingerprint density at radius 1 is 1.32 bits per heavy atom. The average molecular weight is 307 g/mol. The number of hydrogen-bond donors (Lipinski definition) is 2. The first kappa shape index (κ1) is 16.8. The zero-order valence-electron chi connectivity index (χ0n) is 13.9. The molecule has 1 aromatic carbocycles. The SMILES string of the molecule is COc1ccc(CNC(=O)[C@H](C)[NH+]2C[C@@H](C)O[C@H](C)C2)cc1. The maximum absolute atomic E-state index is 12.4. The molecule has 0 bridgehead atoms. The van der Waals surface area contributed by atoms with Crippen molar-refractivity contribution < 1.29 is 19.2 Å². The van der Waals surface area contributed by atoms with Gasteiger partial charge in [0.1, 0.15) is 31.0 Å². The number of carbonyl (C=O) groups excluding carboxylic acids is 1. The van der Waals surface area contributed by atoms with Crippen molar-refractivity contribution in [3.05, 3.63) is 29.8 Å². The van der Waals surface area contributed by atoms with Gasteiger partial charge in [0.05, 0.1) is 7.11 Å². The fourth-order valence-corrected chi connectivity index (χ4v) is 2.94. The topological polar surface area (TPSA) is 52.0 Å². The van der Waals surface area contributed by atoms with Crippen LogP contribution in [0.4, 0.5) is 0 Å². The molecule has 5 nitrogen and oxygen atoms in total. The van der Waals surface area contributed by atoms with Crippen LogP contribution in [0, 0.1) is 0 Å². The van der Waals surface area contributed by atoms with E-state index >= 15 is 0 Å². The van der Waals surface area contributed by atoms with E-state index in [0.717, 1.165) is 24.4 Å². The Morgan fingerprint density at radius 3 is 2.45 bits per heavy atom. The van der Waals surface area contributed by atoms with Crippen molar-refractivity contribution in [3.63, 3.8) is 0 Å². The molecule has 5 heteroatoms. The minimum absolute atomic E-state index is 0.0629. The van der Waals surface area contributed by atoms with Gasteiger partial charge in [0, 0.05) is 6.54 Å². The third kappa shape index (κ3) is 4.45. The summed E-state index contributed by atoms with van der Waals surface area (Å²) in [5.74, 6) is 0.913. The monoisotopic (exact) mass is 307 g/mol. The molecule has 0 radical (unpaired) electrons. The highest BCUT2D eigenvalue weighted by molar-refractivity contribution is 5.79. The number of nitrogens with one attached hydrogen (secondary N) is 2. The molecule has 0 saturated carbocycles. The molecule has 1 aromatic rings. The largest absolute Gasteiger partial charge is 0.497 e. The normalized spacial score (nSPS) is 26.3. The van der Waals surface area contributed by atoms with Gasteiger partial charge in [-0.3, -0.25) is 4.79 Å². The molecule has 2 N–H and O–H groups in total. The standard InChI is InChI=1S/C17H26N2O3/c1-12-10-19(11-13(2)22-12)14(3)17(20)18-9-15-5-7-16(21-4)8-6-15/h5-8,12-14H,9-11H2,1-4H3,(H,18,20)/p+1/t12-,13-,14+/m1/s1. The third-order valence-electron chi connectivity index (χ3n) is 4.20. The second-order valence-electron chi connectivity index (χ2n) is 6.11. The Balaban J connectivity index is 1.85. The molecule has 0 spiro atoms. The summed E-state index contributed by atoms with van der Waals surface area (Å²) in [5.41, 5.74) is 1.07. The number of amides is 1. The van der Waals surface area contributed by atoms with Crippen LogP contribution in [0.25, 0.3) is 0 Å². The third-order valence-corrected chi connectivity index (χ3v) is 4.20. The lowest BCUT2D eigenvalue weighted by Gasteiger charge is -2.35. The molecule has 0 aromatic heterocycles. The highest BCUT2D eigenvalue weighted by atomic mass is 16.5. The summed E-state index contributed by atoms with van der Waals surface area (Å²) in [4.78, 5) is 13.6. The van der Waals surface area contributed by atoms with Crippen LogP contribution in [0.5, 0.6) is 5.75 Å². The molecule has 1 saturated heterocycles. The van der Waals surface area contributed by atoms with Crippen LogP contribution in [0.2, 0.25) is 0 Å². The molecule has 1 heterocycles. The van der Waals surface area contributed by atoms with Gasteiger partial charge in [0.25, 0.3) is 5.91 Å². The molecule has 1 aliphatic rings. The summed E-state index contributed by atoms with van der Waals surface area (Å²) >= 11 is 0. The molecule has 1 amide bonds. The lowest BCUT2D eigenvalue weighted by molar-refractivity contribution is -0.928. The molecule has 3 atom stereocenters. The van der Waals surface area contributed by atoms with Crippen molar-refractivity contribution in [3.8, 4) is 5.75 Å². The van der Waals surface area contributed by atoms with Gasteiger partial charge in [-0.25, -0.2) is 0 Å². The number of rotatable bonds is 5. The number of carbonyl (C=O) groups is 1. The molecule has 2 rings (SSSR count). The van der Waals surface area contributed by atoms with Crippen molar-refractivity contribution in [2.75, 3.05) is 20.2 Å². The summed E-state index contributed by atoms with van der Waals surface area (Å²) in [6.45, 7) is 8.42. The number of ether oxygens (including phenoxy) is 2. The van der Waals surface area contributed by atoms with E-state index in [0.29, 0.717) is 6.54 Å². The highest BCUT2D eigenvalue weighted by Gasteiger charge is 2.32. The number of hydrogen-bond acceptors (Lipinski definition) is 3. The summed E-state index contributed by atoms with van der Waals surface area (Å²) in [7, 11) is 1.64. The van der Waals surface area contributed by atoms with Crippen LogP contribution >= 0.6 is 0 Å². The second-order valence-corrected chi connectivity index (χ2v) is 6.11. The Labute approximate surface area is 132 Å². The van der Waals surface area contributed by atoms with Gasteiger partial charge in [0.2, 0.25) is 0 Å². The summed E-state index contributed by atoms with van der Waals surface area (Å²) < 4.78 is 10.9. The summed E-state index contributed by atoms with van der Waals surface area (Å²) in [6.07, 6.45) is 0.408. The van der Waals surface area contributed by atoms with Crippen LogP contribution in [-0.4, -0.2) is 44.4 Å². The zero-order chi connectivity index (χ0) is 16.1. The number of methoxy groups -OCH3 is 1. The molecule has 1 aliphatic heterocycles. The van der Waals surface area contributed by atoms with Crippen molar-refractivity contribution in [1.29, 1.82) is 0 Å². The maximum Gasteiger partial charge on any atom is 0.278 e. The summed E-state index contributed by atoms with van der Waals surface area (Å²) in [6, 6.07) is 7.68. The van der Waals surface area contributed by atoms with E-state index in [1.54, 1.807) is 7.11 Å². The quantitative estimate of drug-likeness (QED) is 0.827. The van der Waals surface area contributed by atoms with Gasteiger partial charge in [0.15, 0.2) is 6.04 Å². The van der Waals surface area contributed by atoms with E-state index < -0.39 is 0 Å². The molecule has 0 unspecified atom stereocenters. The predicted molar refractivity (Wildman–Crippen MR) is 85.0 cm³/mol. The van der Waals surface area contributed by atoms with E-state index in [4.69, 9.17) is 9.47 Å². The van der Waals surface area contributed by atoms with E-state index in [1.165, 1.54) is 4.90 Å². The minimum atomic E-state index is -0.0629. The lowest BCUT2D eigenvalue weighted by atomic mass is 10.1. The fraction of sp³-hybridized carbons (Fsp3) is 0.588. The number of benzene rings is 1. The molecule has 122 valence electrons. The van der Waals surface area contributed by atoms with Crippen molar-refractivity contribution in [1.82, 2.24) is 5.32 Å². The fourth-order valence-electron chi connectivity index (χ4n) is 2.94. The van der Waals surface area contributed by atoms with E-state index in [9.17, 15) is 4.79 Å². The predicted octanol–water partition coefficient (Wildman–Crippen LogP) is 0.392. The van der Waals surface area contributed by atoms with E-state index in [-0.39, 0.29) is 24.2 Å². The van der Waals surface area contributed by atoms with Crippen molar-refractivity contribution in [2.24, 2.45) is 0 Å². The number of quaternary nitrogens is 1. The minimum Gasteiger partial charge on any atom is -0.497 e. The van der Waals surface area contributed by atoms with Crippen LogP contribution in [-0.2, 0) is 16.1 Å². The first-order valence-corrected chi connectivity index (χ1v) is 7.90. The molecule has 1 fully saturated rings. The second kappa shape index (κ2) is 7.61. The van der Waals surface area contributed by atoms with Gasteiger partial charge in [-0.05, 0) is 38.5 Å². The van der Waals surface area contributed by atoms with E-state index in [1.807, 2.05) is 31.2 Å². The van der Waals surface area contributed by atoms with Gasteiger partial charge in [-0.2, -0.15) is 0 Å². The average Bonchev–Trinajstić information content (AvgIpc) is 2.51. The van der Waals surface area contributed by atoms with Crippen LogP contribution in [0.3, 0.4) is 0 Å². The zero-order valence-corrected chi connectivity index (χ0v) is 13.9. The summed E-state index contributed by atoms with van der Waals surface area (Å²) in [5, 5.41) is 3.02. The van der Waals surface area contributed by atoms with E-state index in [2.05, 4.69) is 19.2 Å². The molecule has 22 heavy (non-hydrogen) atoms. The van der Waals surface area contributed by atoms with Gasteiger partial charge in [-0.1, -0.05) is 12.1 Å². The van der Waals surface area contributed by atoms with Crippen molar-refractivity contribution in [2.45, 2.75) is 45.6 Å².